The maximum atomic E-state index is 12.9. The summed E-state index contributed by atoms with van der Waals surface area (Å²) in [7, 11) is 1.56. The van der Waals surface area contributed by atoms with Gasteiger partial charge in [0.2, 0.25) is 0 Å². The molecule has 0 aromatic heterocycles. The molecule has 2 rings (SSSR count). The first-order valence-corrected chi connectivity index (χ1v) is 11.6. The van der Waals surface area contributed by atoms with Gasteiger partial charge in [0.1, 0.15) is 22.8 Å². The summed E-state index contributed by atoms with van der Waals surface area (Å²) in [5, 5.41) is 1.07. The van der Waals surface area contributed by atoms with Crippen LogP contribution >= 0.6 is 61.6 Å². The molecule has 0 aliphatic carbocycles. The van der Waals surface area contributed by atoms with Crippen LogP contribution in [0.15, 0.2) is 48.5 Å². The summed E-state index contributed by atoms with van der Waals surface area (Å²) in [5.41, 5.74) is 1.63. The van der Waals surface area contributed by atoms with Crippen molar-refractivity contribution in [3.05, 3.63) is 59.7 Å². The van der Waals surface area contributed by atoms with Crippen molar-refractivity contribution in [3.63, 3.8) is 0 Å². The topological polar surface area (TPSA) is 44.8 Å². The van der Waals surface area contributed by atoms with Gasteiger partial charge in [-0.3, -0.25) is 0 Å². The Kier molecular flexibility index (Phi) is 7.79. The lowest BCUT2D eigenvalue weighted by Crippen LogP contribution is -2.04. The van der Waals surface area contributed by atoms with E-state index in [0.29, 0.717) is 33.4 Å². The Morgan fingerprint density at radius 1 is 0.913 bits per heavy atom. The fraction of sp³-hybridized carbons (Fsp3) is 0.143. The maximum absolute atomic E-state index is 12.9. The van der Waals surface area contributed by atoms with Crippen molar-refractivity contribution in [2.75, 3.05) is 0 Å². The fourth-order valence-corrected chi connectivity index (χ4v) is 4.67. The molecular formula is C14H12Br2ClO4PS. The van der Waals surface area contributed by atoms with Gasteiger partial charge in [0, 0.05) is 21.8 Å². The minimum Gasteiger partial charge on any atom is -0.394 e. The van der Waals surface area contributed by atoms with Crippen LogP contribution in [0.1, 0.15) is 11.1 Å². The van der Waals surface area contributed by atoms with Crippen molar-refractivity contribution >= 4 is 61.6 Å². The minimum atomic E-state index is -3.95. The van der Waals surface area contributed by atoms with Crippen LogP contribution in [0.3, 0.4) is 0 Å². The molecule has 124 valence electrons. The fourth-order valence-electron chi connectivity index (χ4n) is 1.73. The Bertz CT molecular complexity index is 650. The normalized spacial score (nSPS) is 11.3. The minimum absolute atomic E-state index is 0.398. The summed E-state index contributed by atoms with van der Waals surface area (Å²) in [4.78, 5) is 0. The molecule has 0 atom stereocenters. The van der Waals surface area contributed by atoms with Crippen LogP contribution in [0, 0.1) is 0 Å². The van der Waals surface area contributed by atoms with Crippen molar-refractivity contribution in [2.24, 2.45) is 0 Å². The van der Waals surface area contributed by atoms with Gasteiger partial charge in [-0.1, -0.05) is 68.3 Å². The number of halogens is 3. The third-order valence-electron chi connectivity index (χ3n) is 2.77. The quantitative estimate of drug-likeness (QED) is 0.224. The highest BCUT2D eigenvalue weighted by molar-refractivity contribution is 9.08. The number of hydrogen-bond acceptors (Lipinski definition) is 5. The van der Waals surface area contributed by atoms with Crippen molar-refractivity contribution in [1.82, 2.24) is 0 Å². The van der Waals surface area contributed by atoms with Gasteiger partial charge in [-0.05, 0) is 22.8 Å². The zero-order valence-corrected chi connectivity index (χ0v) is 17.3. The van der Waals surface area contributed by atoms with Gasteiger partial charge in [0.25, 0.3) is 0 Å². The Balaban J connectivity index is 2.30. The van der Waals surface area contributed by atoms with Crippen LogP contribution in [0.2, 0.25) is 0 Å². The first-order valence-electron chi connectivity index (χ1n) is 6.36. The van der Waals surface area contributed by atoms with Crippen LogP contribution in [0.4, 0.5) is 0 Å². The third-order valence-corrected chi connectivity index (χ3v) is 6.28. The predicted octanol–water partition coefficient (Wildman–Crippen LogP) is 6.86. The van der Waals surface area contributed by atoms with E-state index in [0.717, 1.165) is 11.1 Å². The van der Waals surface area contributed by atoms with Gasteiger partial charge in [0.15, 0.2) is 0 Å². The largest absolute Gasteiger partial charge is 0.600 e. The van der Waals surface area contributed by atoms with E-state index in [9.17, 15) is 4.57 Å². The van der Waals surface area contributed by atoms with Crippen LogP contribution < -0.4 is 9.05 Å². The molecule has 0 unspecified atom stereocenters. The molecule has 0 spiro atoms. The summed E-state index contributed by atoms with van der Waals surface area (Å²) < 4.78 is 28.9. The molecule has 0 aliphatic heterocycles. The van der Waals surface area contributed by atoms with Crippen LogP contribution in [-0.2, 0) is 19.2 Å². The van der Waals surface area contributed by atoms with E-state index in [1.165, 1.54) is 0 Å². The molecule has 23 heavy (non-hydrogen) atoms. The molecule has 0 amide bonds. The lowest BCUT2D eigenvalue weighted by atomic mass is 10.2. The molecule has 0 N–H and O–H groups in total. The summed E-state index contributed by atoms with van der Waals surface area (Å²) in [6, 6.07) is 14.3. The zero-order valence-electron chi connectivity index (χ0n) is 11.7. The van der Waals surface area contributed by atoms with Crippen molar-refractivity contribution in [2.45, 2.75) is 10.7 Å². The molecule has 0 saturated heterocycles. The lowest BCUT2D eigenvalue weighted by molar-refractivity contribution is 0.313. The zero-order chi connectivity index (χ0) is 16.7. The van der Waals surface area contributed by atoms with Gasteiger partial charge < -0.3 is 9.05 Å². The number of phosphoric ester groups is 1. The second-order valence-corrected chi connectivity index (χ2v) is 7.73. The molecule has 4 nitrogen and oxygen atoms in total. The Hall–Kier alpha value is -0.170. The average Bonchev–Trinajstić information content (AvgIpc) is 2.56. The molecule has 0 fully saturated rings. The number of rotatable bonds is 8. The molecule has 9 heteroatoms. The van der Waals surface area contributed by atoms with Gasteiger partial charge in [-0.25, -0.2) is 4.57 Å². The molecule has 0 heterocycles. The highest BCUT2D eigenvalue weighted by Gasteiger charge is 2.33. The number of hydrogen-bond donors (Lipinski definition) is 0. The van der Waals surface area contributed by atoms with Crippen LogP contribution in [-0.4, -0.2) is 0 Å². The smallest absolute Gasteiger partial charge is 0.394 e. The average molecular weight is 503 g/mol. The lowest BCUT2D eigenvalue weighted by Gasteiger charge is -2.19. The summed E-state index contributed by atoms with van der Waals surface area (Å²) >= 11 is 7.12. The SMILES string of the molecule is O=P(OSCl)(Oc1ccccc1CBr)Oc1ccccc1CBr. The van der Waals surface area contributed by atoms with Crippen molar-refractivity contribution in [3.8, 4) is 11.5 Å². The van der Waals surface area contributed by atoms with E-state index in [1.807, 2.05) is 24.3 Å². The molecule has 2 aromatic carbocycles. The molecule has 0 saturated carbocycles. The van der Waals surface area contributed by atoms with Crippen molar-refractivity contribution < 1.29 is 17.6 Å². The number of phosphoric acid groups is 1. The van der Waals surface area contributed by atoms with E-state index in [1.54, 1.807) is 24.3 Å². The molecule has 2 aromatic rings. The Morgan fingerprint density at radius 2 is 1.35 bits per heavy atom. The van der Waals surface area contributed by atoms with Gasteiger partial charge >= 0.3 is 7.82 Å². The predicted molar refractivity (Wildman–Crippen MR) is 102 cm³/mol. The summed E-state index contributed by atoms with van der Waals surface area (Å²) in [5.74, 6) is 0.796. The van der Waals surface area contributed by atoms with Gasteiger partial charge in [-0.15, -0.1) is 0 Å². The first-order chi connectivity index (χ1) is 11.1. The molecule has 0 aliphatic rings. The molecule has 0 bridgehead atoms. The van der Waals surface area contributed by atoms with Gasteiger partial charge in [-0.2, -0.15) is 3.97 Å². The molecular weight excluding hydrogens is 490 g/mol. The van der Waals surface area contributed by atoms with Crippen LogP contribution in [0.5, 0.6) is 11.5 Å². The summed E-state index contributed by atoms with van der Waals surface area (Å²) in [6.45, 7) is 0. The summed E-state index contributed by atoms with van der Waals surface area (Å²) in [6.07, 6.45) is 0. The van der Waals surface area contributed by atoms with E-state index in [-0.39, 0.29) is 0 Å². The van der Waals surface area contributed by atoms with E-state index in [2.05, 4.69) is 31.9 Å². The monoisotopic (exact) mass is 500 g/mol. The highest BCUT2D eigenvalue weighted by atomic mass is 79.9. The number of para-hydroxylation sites is 2. The van der Waals surface area contributed by atoms with Crippen LogP contribution in [0.25, 0.3) is 0 Å². The van der Waals surface area contributed by atoms with E-state index >= 15 is 0 Å². The Morgan fingerprint density at radius 3 is 1.74 bits per heavy atom. The first kappa shape index (κ1) is 19.2. The highest BCUT2D eigenvalue weighted by Crippen LogP contribution is 2.54. The number of alkyl halides is 2. The standard InChI is InChI=1S/C14H12Br2ClO4PS/c15-9-11-5-1-3-7-13(11)19-22(18,21-23-17)20-14-8-4-2-6-12(14)10-16/h1-8H,9-10H2. The van der Waals surface area contributed by atoms with E-state index in [4.69, 9.17) is 23.7 Å². The maximum Gasteiger partial charge on any atom is 0.600 e. The molecule has 0 radical (unpaired) electrons. The van der Waals surface area contributed by atoms with Crippen molar-refractivity contribution in [1.29, 1.82) is 0 Å². The van der Waals surface area contributed by atoms with E-state index < -0.39 is 7.82 Å². The second-order valence-electron chi connectivity index (χ2n) is 4.25. The third kappa shape index (κ3) is 5.41. The second kappa shape index (κ2) is 9.35. The van der Waals surface area contributed by atoms with Gasteiger partial charge in [0.05, 0.1) is 0 Å². The number of benzene rings is 2. The Labute approximate surface area is 160 Å².